The molecular weight excluding hydrogens is 413 g/mol. The Morgan fingerprint density at radius 1 is 1.18 bits per heavy atom. The lowest BCUT2D eigenvalue weighted by atomic mass is 9.89. The number of imidazole rings is 1. The number of rotatable bonds is 2. The molecule has 0 N–H and O–H groups in total. The highest BCUT2D eigenvalue weighted by atomic mass is 19.1. The van der Waals surface area contributed by atoms with Crippen LogP contribution in [0.3, 0.4) is 0 Å². The topological polar surface area (TPSA) is 50.3 Å². The number of nitriles is 1. The lowest BCUT2D eigenvalue weighted by Gasteiger charge is -2.13. The normalized spacial score (nSPS) is 13.8. The molecule has 4 aromatic rings. The third-order valence-electron chi connectivity index (χ3n) is 6.04. The molecule has 2 aromatic heterocycles. The lowest BCUT2D eigenvalue weighted by Crippen LogP contribution is -2.01. The van der Waals surface area contributed by atoms with Crippen molar-refractivity contribution in [1.82, 2.24) is 9.38 Å². The molecule has 4 nitrogen and oxygen atoms in total. The molecule has 0 atom stereocenters. The molecule has 0 aliphatic carbocycles. The highest BCUT2D eigenvalue weighted by molar-refractivity contribution is 5.88. The molecule has 0 fully saturated rings. The second-order valence-electron chi connectivity index (χ2n) is 8.14. The van der Waals surface area contributed by atoms with Crippen molar-refractivity contribution in [3.8, 4) is 24.2 Å². The van der Waals surface area contributed by atoms with Gasteiger partial charge in [0.05, 0.1) is 11.8 Å². The molecule has 160 valence electrons. The Labute approximate surface area is 191 Å². The molecule has 33 heavy (non-hydrogen) atoms. The van der Waals surface area contributed by atoms with E-state index in [2.05, 4.69) is 33.5 Å². The largest absolute Gasteiger partial charge is 0.488 e. The smallest absolute Gasteiger partial charge is 0.138 e. The van der Waals surface area contributed by atoms with Crippen LogP contribution in [-0.4, -0.2) is 9.38 Å². The Bertz CT molecular complexity index is 1550. The molecule has 0 saturated carbocycles. The molecule has 0 saturated heterocycles. The first kappa shape index (κ1) is 20.5. The number of benzene rings is 2. The number of fused-ring (bicyclic) bond motifs is 3. The van der Waals surface area contributed by atoms with Gasteiger partial charge in [0.2, 0.25) is 0 Å². The van der Waals surface area contributed by atoms with E-state index in [1.807, 2.05) is 31.3 Å². The van der Waals surface area contributed by atoms with E-state index in [1.54, 1.807) is 13.0 Å². The number of nitrogens with zero attached hydrogens (tertiary/aromatic N) is 3. The van der Waals surface area contributed by atoms with E-state index in [4.69, 9.17) is 11.2 Å². The van der Waals surface area contributed by atoms with E-state index in [0.29, 0.717) is 24.4 Å². The van der Waals surface area contributed by atoms with Gasteiger partial charge >= 0.3 is 0 Å². The van der Waals surface area contributed by atoms with Crippen LogP contribution in [0, 0.1) is 36.4 Å². The molecular formula is C28H20FN3O. The van der Waals surface area contributed by atoms with Gasteiger partial charge < -0.3 is 9.14 Å². The van der Waals surface area contributed by atoms with Gasteiger partial charge in [-0.15, -0.1) is 6.42 Å². The van der Waals surface area contributed by atoms with Crippen LogP contribution in [0.15, 0.2) is 60.3 Å². The van der Waals surface area contributed by atoms with Crippen molar-refractivity contribution in [2.24, 2.45) is 0 Å². The molecule has 1 aliphatic rings. The number of hydrogen-bond acceptors (Lipinski definition) is 3. The summed E-state index contributed by atoms with van der Waals surface area (Å²) >= 11 is 0. The maximum atomic E-state index is 13.9. The number of aromatic nitrogens is 2. The number of ether oxygens (including phenoxy) is 1. The predicted molar refractivity (Wildman–Crippen MR) is 125 cm³/mol. The van der Waals surface area contributed by atoms with Gasteiger partial charge in [-0.25, -0.2) is 9.37 Å². The standard InChI is InChI=1S/C28H20FN3O/c1-4-19-9-10-32-25(18(3)31-27(32)13-19)12-20-5-7-23-21(11-20)16-33-26-14-22(29)6-8-24(26)28(23)17(2)15-30/h1,5-11,13-14H,12,16H2,2-3H3. The molecule has 5 heteroatoms. The highest BCUT2D eigenvalue weighted by Crippen LogP contribution is 2.39. The third-order valence-corrected chi connectivity index (χ3v) is 6.04. The van der Waals surface area contributed by atoms with E-state index < -0.39 is 0 Å². The summed E-state index contributed by atoms with van der Waals surface area (Å²) in [4.78, 5) is 4.67. The number of aryl methyl sites for hydroxylation is 1. The van der Waals surface area contributed by atoms with Gasteiger partial charge in [0.1, 0.15) is 23.8 Å². The van der Waals surface area contributed by atoms with Crippen molar-refractivity contribution in [3.63, 3.8) is 0 Å². The summed E-state index contributed by atoms with van der Waals surface area (Å²) in [5.74, 6) is 2.72. The number of pyridine rings is 1. The van der Waals surface area contributed by atoms with Crippen molar-refractivity contribution in [2.75, 3.05) is 0 Å². The summed E-state index contributed by atoms with van der Waals surface area (Å²) in [6.45, 7) is 4.06. The van der Waals surface area contributed by atoms with Crippen molar-refractivity contribution >= 4 is 11.2 Å². The minimum absolute atomic E-state index is 0.291. The second-order valence-corrected chi connectivity index (χ2v) is 8.14. The maximum absolute atomic E-state index is 13.9. The lowest BCUT2D eigenvalue weighted by molar-refractivity contribution is 0.305. The quantitative estimate of drug-likeness (QED) is 0.306. The summed E-state index contributed by atoms with van der Waals surface area (Å²) in [5, 5.41) is 9.63. The monoisotopic (exact) mass is 433 g/mol. The predicted octanol–water partition coefficient (Wildman–Crippen LogP) is 5.59. The van der Waals surface area contributed by atoms with E-state index in [0.717, 1.165) is 50.4 Å². The van der Waals surface area contributed by atoms with Gasteiger partial charge in [-0.3, -0.25) is 0 Å². The summed E-state index contributed by atoms with van der Waals surface area (Å²) in [5.41, 5.74) is 8.68. The van der Waals surface area contributed by atoms with Crippen LogP contribution >= 0.6 is 0 Å². The first-order valence-electron chi connectivity index (χ1n) is 10.6. The minimum Gasteiger partial charge on any atom is -0.488 e. The maximum Gasteiger partial charge on any atom is 0.138 e. The van der Waals surface area contributed by atoms with Crippen molar-refractivity contribution < 1.29 is 9.13 Å². The summed E-state index contributed by atoms with van der Waals surface area (Å²) in [7, 11) is 0. The molecule has 2 aromatic carbocycles. The Morgan fingerprint density at radius 3 is 2.79 bits per heavy atom. The minimum atomic E-state index is -0.370. The molecule has 3 heterocycles. The molecule has 1 aliphatic heterocycles. The zero-order chi connectivity index (χ0) is 23.1. The zero-order valence-corrected chi connectivity index (χ0v) is 18.3. The van der Waals surface area contributed by atoms with Crippen molar-refractivity contribution in [3.05, 3.63) is 105 Å². The summed E-state index contributed by atoms with van der Waals surface area (Å²) in [6, 6.07) is 16.7. The second kappa shape index (κ2) is 7.97. The molecule has 0 radical (unpaired) electrons. The van der Waals surface area contributed by atoms with E-state index >= 15 is 0 Å². The first-order valence-corrected chi connectivity index (χ1v) is 10.6. The van der Waals surface area contributed by atoms with Gasteiger partial charge in [0.15, 0.2) is 0 Å². The van der Waals surface area contributed by atoms with Gasteiger partial charge in [-0.2, -0.15) is 5.26 Å². The average Bonchev–Trinajstić information content (AvgIpc) is 3.03. The summed E-state index contributed by atoms with van der Waals surface area (Å²) in [6.07, 6.45) is 8.15. The highest BCUT2D eigenvalue weighted by Gasteiger charge is 2.22. The average molecular weight is 433 g/mol. The number of halogens is 1. The summed E-state index contributed by atoms with van der Waals surface area (Å²) < 4.78 is 21.9. The third kappa shape index (κ3) is 3.54. The van der Waals surface area contributed by atoms with Gasteiger partial charge in [-0.1, -0.05) is 24.1 Å². The Balaban J connectivity index is 1.59. The Morgan fingerprint density at radius 2 is 2.00 bits per heavy atom. The molecule has 0 bridgehead atoms. The van der Waals surface area contributed by atoms with Crippen LogP contribution < -0.4 is 4.74 Å². The van der Waals surface area contributed by atoms with E-state index in [-0.39, 0.29) is 5.82 Å². The molecule has 0 unspecified atom stereocenters. The van der Waals surface area contributed by atoms with Crippen molar-refractivity contribution in [1.29, 1.82) is 5.26 Å². The van der Waals surface area contributed by atoms with Crippen LogP contribution in [0.25, 0.3) is 11.2 Å². The zero-order valence-electron chi connectivity index (χ0n) is 18.3. The molecule has 5 rings (SSSR count). The van der Waals surface area contributed by atoms with Crippen LogP contribution in [0.2, 0.25) is 0 Å². The first-order chi connectivity index (χ1) is 16.0. The fraction of sp³-hybridized carbons (Fsp3) is 0.143. The number of hydrogen-bond donors (Lipinski definition) is 0. The van der Waals surface area contributed by atoms with Gasteiger partial charge in [0.25, 0.3) is 0 Å². The van der Waals surface area contributed by atoms with Gasteiger partial charge in [-0.05, 0) is 54.8 Å². The van der Waals surface area contributed by atoms with E-state index in [1.165, 1.54) is 12.1 Å². The molecule has 0 spiro atoms. The fourth-order valence-corrected chi connectivity index (χ4v) is 4.41. The number of allylic oxidation sites excluding steroid dienone is 1. The number of terminal acetylenes is 1. The van der Waals surface area contributed by atoms with Crippen LogP contribution in [-0.2, 0) is 13.0 Å². The molecule has 0 amide bonds. The van der Waals surface area contributed by atoms with Crippen LogP contribution in [0.1, 0.15) is 46.1 Å². The Hall–Kier alpha value is -4.35. The van der Waals surface area contributed by atoms with Crippen LogP contribution in [0.5, 0.6) is 5.75 Å². The van der Waals surface area contributed by atoms with Gasteiger partial charge in [0, 0.05) is 46.7 Å². The SMILES string of the molecule is C#Cc1ccn2c(Cc3ccc4c(c3)COc3cc(F)ccc3C4=C(C)C#N)c(C)nc2c1. The van der Waals surface area contributed by atoms with Crippen molar-refractivity contribution in [2.45, 2.75) is 26.9 Å². The Kier molecular flexibility index (Phi) is 4.96. The fourth-order valence-electron chi connectivity index (χ4n) is 4.41. The van der Waals surface area contributed by atoms with E-state index in [9.17, 15) is 9.65 Å². The van der Waals surface area contributed by atoms with Crippen LogP contribution in [0.4, 0.5) is 4.39 Å².